The number of hydrogen-bond donors (Lipinski definition) is 0. The first-order valence-corrected chi connectivity index (χ1v) is 14.1. The maximum atomic E-state index is 6.27. The van der Waals surface area contributed by atoms with Crippen molar-refractivity contribution in [3.63, 3.8) is 0 Å². The molecule has 0 aliphatic rings. The molecule has 0 atom stereocenters. The number of rotatable bonds is 1. The third-order valence-electron chi connectivity index (χ3n) is 1.46. The van der Waals surface area contributed by atoms with E-state index in [1.807, 2.05) is 6.07 Å². The molecular weight excluding hydrogens is 250 g/mol. The SMILES string of the molecule is [CH3][Sn]([CH3])([Cl])[c]1ccccc1. The summed E-state index contributed by atoms with van der Waals surface area (Å²) in [5, 5.41) is 0. The summed E-state index contributed by atoms with van der Waals surface area (Å²) in [7, 11) is 6.27. The van der Waals surface area contributed by atoms with Gasteiger partial charge >= 0.3 is 70.0 Å². The summed E-state index contributed by atoms with van der Waals surface area (Å²) in [6.07, 6.45) is 0. The molecule has 1 aromatic carbocycles. The molecule has 0 unspecified atom stereocenters. The predicted octanol–water partition coefficient (Wildman–Crippen LogP) is 2.34. The number of hydrogen-bond acceptors (Lipinski definition) is 0. The van der Waals surface area contributed by atoms with E-state index in [4.69, 9.17) is 8.92 Å². The Bertz CT molecular complexity index is 200. The van der Waals surface area contributed by atoms with Crippen LogP contribution >= 0.6 is 8.92 Å². The van der Waals surface area contributed by atoms with E-state index in [2.05, 4.69) is 34.1 Å². The molecule has 2 heteroatoms. The molecule has 10 heavy (non-hydrogen) atoms. The Morgan fingerprint density at radius 1 is 1.10 bits per heavy atom. The molecule has 0 N–H and O–H groups in total. The van der Waals surface area contributed by atoms with Crippen LogP contribution in [0.1, 0.15) is 0 Å². The van der Waals surface area contributed by atoms with Crippen molar-refractivity contribution < 1.29 is 0 Å². The zero-order chi connectivity index (χ0) is 7.61. The van der Waals surface area contributed by atoms with Crippen LogP contribution in [0.3, 0.4) is 0 Å². The zero-order valence-corrected chi connectivity index (χ0v) is 9.87. The molecule has 0 nitrogen and oxygen atoms in total. The van der Waals surface area contributed by atoms with Gasteiger partial charge in [-0.1, -0.05) is 0 Å². The summed E-state index contributed by atoms with van der Waals surface area (Å²) >= 11 is -2.24. The van der Waals surface area contributed by atoms with E-state index in [1.54, 1.807) is 0 Å². The Labute approximate surface area is 69.8 Å². The molecule has 0 aliphatic carbocycles. The van der Waals surface area contributed by atoms with Crippen LogP contribution < -0.4 is 3.58 Å². The van der Waals surface area contributed by atoms with E-state index >= 15 is 0 Å². The van der Waals surface area contributed by atoms with E-state index in [0.29, 0.717) is 0 Å². The average Bonchev–Trinajstić information content (AvgIpc) is 1.88. The van der Waals surface area contributed by atoms with Crippen LogP contribution in [0.2, 0.25) is 9.88 Å². The molecule has 0 radical (unpaired) electrons. The van der Waals surface area contributed by atoms with Gasteiger partial charge in [0.1, 0.15) is 0 Å². The summed E-state index contributed by atoms with van der Waals surface area (Å²) in [6, 6.07) is 10.4. The number of benzene rings is 1. The van der Waals surface area contributed by atoms with E-state index < -0.39 is 17.3 Å². The van der Waals surface area contributed by atoms with E-state index in [9.17, 15) is 0 Å². The van der Waals surface area contributed by atoms with Gasteiger partial charge in [0, 0.05) is 0 Å². The van der Waals surface area contributed by atoms with Gasteiger partial charge in [0.25, 0.3) is 0 Å². The second-order valence-corrected chi connectivity index (χ2v) is 19.2. The quantitative estimate of drug-likeness (QED) is 0.681. The van der Waals surface area contributed by atoms with Gasteiger partial charge in [-0.3, -0.25) is 0 Å². The Morgan fingerprint density at radius 3 is 1.90 bits per heavy atom. The molecule has 0 bridgehead atoms. The molecule has 0 saturated carbocycles. The zero-order valence-electron chi connectivity index (χ0n) is 6.26. The van der Waals surface area contributed by atoms with Crippen molar-refractivity contribution in [3.05, 3.63) is 30.3 Å². The molecule has 0 aromatic heterocycles. The van der Waals surface area contributed by atoms with Gasteiger partial charge in [0.15, 0.2) is 0 Å². The predicted molar refractivity (Wildman–Crippen MR) is 49.4 cm³/mol. The standard InChI is InChI=1S/C6H5.2CH3.ClH.Sn/c1-2-4-6-5-3-1;;;;/h1-5H;2*1H3;1H;/q;;;;+1/p-1. The van der Waals surface area contributed by atoms with Crippen LogP contribution in [0.15, 0.2) is 30.3 Å². The minimum absolute atomic E-state index is 1.37. The van der Waals surface area contributed by atoms with Gasteiger partial charge in [0.2, 0.25) is 0 Å². The van der Waals surface area contributed by atoms with Crippen LogP contribution in [0.25, 0.3) is 0 Å². The molecule has 0 aliphatic heterocycles. The van der Waals surface area contributed by atoms with Crippen LogP contribution in [-0.2, 0) is 0 Å². The Hall–Kier alpha value is 0.309. The van der Waals surface area contributed by atoms with Gasteiger partial charge in [-0.25, -0.2) is 0 Å². The normalized spacial score (nSPS) is 11.5. The topological polar surface area (TPSA) is 0 Å². The van der Waals surface area contributed by atoms with Crippen molar-refractivity contribution in [1.82, 2.24) is 0 Å². The second-order valence-electron chi connectivity index (χ2n) is 2.84. The van der Waals surface area contributed by atoms with E-state index in [1.165, 1.54) is 3.58 Å². The fourth-order valence-corrected chi connectivity index (χ4v) is 4.49. The molecule has 0 fully saturated rings. The summed E-state index contributed by atoms with van der Waals surface area (Å²) in [4.78, 5) is 4.40. The van der Waals surface area contributed by atoms with Crippen molar-refractivity contribution in [2.75, 3.05) is 0 Å². The summed E-state index contributed by atoms with van der Waals surface area (Å²) in [6.45, 7) is 0. The van der Waals surface area contributed by atoms with Crippen LogP contribution in [0.5, 0.6) is 0 Å². The van der Waals surface area contributed by atoms with Crippen LogP contribution in [0, 0.1) is 0 Å². The van der Waals surface area contributed by atoms with Crippen molar-refractivity contribution in [2.24, 2.45) is 0 Å². The number of halogens is 1. The molecule has 0 amide bonds. The Balaban J connectivity index is 2.97. The van der Waals surface area contributed by atoms with E-state index in [0.717, 1.165) is 0 Å². The third kappa shape index (κ3) is 2.17. The van der Waals surface area contributed by atoms with Crippen LogP contribution in [-0.4, -0.2) is 17.3 Å². The minimum atomic E-state index is -2.24. The molecule has 0 spiro atoms. The average molecular weight is 261 g/mol. The first-order valence-electron chi connectivity index (χ1n) is 3.35. The van der Waals surface area contributed by atoms with Crippen molar-refractivity contribution in [3.8, 4) is 0 Å². The Kier molecular flexibility index (Phi) is 2.64. The Morgan fingerprint density at radius 2 is 1.60 bits per heavy atom. The van der Waals surface area contributed by atoms with Gasteiger partial charge in [-0.05, 0) is 0 Å². The molecule has 1 aromatic rings. The fraction of sp³-hybridized carbons (Fsp3) is 0.250. The first-order chi connectivity index (χ1) is 4.61. The van der Waals surface area contributed by atoms with E-state index in [-0.39, 0.29) is 0 Å². The molecule has 1 rings (SSSR count). The van der Waals surface area contributed by atoms with Crippen molar-refractivity contribution >= 4 is 29.8 Å². The molecule has 0 heterocycles. The molecule has 0 saturated heterocycles. The fourth-order valence-electron chi connectivity index (χ4n) is 0.834. The first kappa shape index (κ1) is 8.41. The maximum absolute atomic E-state index is 6.27. The van der Waals surface area contributed by atoms with Crippen molar-refractivity contribution in [2.45, 2.75) is 9.88 Å². The van der Waals surface area contributed by atoms with Crippen molar-refractivity contribution in [1.29, 1.82) is 0 Å². The second kappa shape index (κ2) is 3.14. The summed E-state index contributed by atoms with van der Waals surface area (Å²) < 4.78 is 1.37. The molecule has 54 valence electrons. The van der Waals surface area contributed by atoms with Crippen LogP contribution in [0.4, 0.5) is 0 Å². The summed E-state index contributed by atoms with van der Waals surface area (Å²) in [5.74, 6) is 0. The van der Waals surface area contributed by atoms with Gasteiger partial charge in [-0.2, -0.15) is 0 Å². The molecular formula is C8H11ClSn. The van der Waals surface area contributed by atoms with Gasteiger partial charge in [-0.15, -0.1) is 0 Å². The van der Waals surface area contributed by atoms with Gasteiger partial charge < -0.3 is 0 Å². The third-order valence-corrected chi connectivity index (χ3v) is 7.79. The monoisotopic (exact) mass is 262 g/mol. The van der Waals surface area contributed by atoms with Gasteiger partial charge in [0.05, 0.1) is 0 Å². The summed E-state index contributed by atoms with van der Waals surface area (Å²) in [5.41, 5.74) is 0.